The van der Waals surface area contributed by atoms with Crippen molar-refractivity contribution in [2.45, 2.75) is 51.7 Å². The molecule has 170 valence electrons. The minimum absolute atomic E-state index is 0.0777. The number of ether oxygens (including phenoxy) is 2. The van der Waals surface area contributed by atoms with Gasteiger partial charge in [-0.2, -0.15) is 4.31 Å². The van der Waals surface area contributed by atoms with Crippen molar-refractivity contribution in [2.24, 2.45) is 0 Å². The molecule has 31 heavy (non-hydrogen) atoms. The van der Waals surface area contributed by atoms with Crippen molar-refractivity contribution in [3.8, 4) is 11.5 Å². The standard InChI is InChI=1S/C22H29ClN2O5S/c1-6-25(7-2)31(27,28)19-12-13-21(29-15(3)4)20(14-19)24-22(26)16(5)30-18-10-8-17(23)9-11-18/h8-16H,6-7H2,1-5H3,(H,24,26). The Morgan fingerprint density at radius 3 is 2.19 bits per heavy atom. The third-order valence-corrected chi connectivity index (χ3v) is 6.71. The second kappa shape index (κ2) is 10.8. The first kappa shape index (κ1) is 25.0. The SMILES string of the molecule is CCN(CC)S(=O)(=O)c1ccc(OC(C)C)c(NC(=O)C(C)Oc2ccc(Cl)cc2)c1. The Hall–Kier alpha value is -2.29. The number of benzene rings is 2. The predicted octanol–water partition coefficient (Wildman–Crippen LogP) is 4.56. The van der Waals surface area contributed by atoms with Gasteiger partial charge < -0.3 is 14.8 Å². The molecular weight excluding hydrogens is 440 g/mol. The van der Waals surface area contributed by atoms with E-state index in [1.165, 1.54) is 16.4 Å². The van der Waals surface area contributed by atoms with Crippen LogP contribution in [-0.4, -0.2) is 43.9 Å². The van der Waals surface area contributed by atoms with Crippen LogP contribution < -0.4 is 14.8 Å². The van der Waals surface area contributed by atoms with E-state index in [4.69, 9.17) is 21.1 Å². The summed E-state index contributed by atoms with van der Waals surface area (Å²) < 4.78 is 38.6. The van der Waals surface area contributed by atoms with Crippen LogP contribution in [0, 0.1) is 0 Å². The van der Waals surface area contributed by atoms with Gasteiger partial charge in [-0.1, -0.05) is 25.4 Å². The molecule has 1 N–H and O–H groups in total. The zero-order valence-corrected chi connectivity index (χ0v) is 20.0. The zero-order valence-electron chi connectivity index (χ0n) is 18.4. The van der Waals surface area contributed by atoms with Gasteiger partial charge in [0.1, 0.15) is 11.5 Å². The van der Waals surface area contributed by atoms with Gasteiger partial charge in [0, 0.05) is 18.1 Å². The van der Waals surface area contributed by atoms with Crippen molar-refractivity contribution in [3.05, 3.63) is 47.5 Å². The van der Waals surface area contributed by atoms with Gasteiger partial charge in [-0.05, 0) is 63.2 Å². The molecule has 0 aliphatic heterocycles. The molecule has 0 fully saturated rings. The molecule has 0 saturated carbocycles. The summed E-state index contributed by atoms with van der Waals surface area (Å²) in [6.07, 6.45) is -1.00. The maximum Gasteiger partial charge on any atom is 0.265 e. The van der Waals surface area contributed by atoms with Gasteiger partial charge in [-0.25, -0.2) is 8.42 Å². The summed E-state index contributed by atoms with van der Waals surface area (Å²) in [5.41, 5.74) is 0.262. The van der Waals surface area contributed by atoms with Gasteiger partial charge >= 0.3 is 0 Å². The Labute approximate surface area is 189 Å². The first-order chi connectivity index (χ1) is 14.6. The van der Waals surface area contributed by atoms with E-state index in [0.29, 0.717) is 29.6 Å². The van der Waals surface area contributed by atoms with Crippen molar-refractivity contribution in [1.29, 1.82) is 0 Å². The van der Waals surface area contributed by atoms with Gasteiger partial charge in [0.25, 0.3) is 5.91 Å². The van der Waals surface area contributed by atoms with Crippen molar-refractivity contribution < 1.29 is 22.7 Å². The quantitative estimate of drug-likeness (QED) is 0.552. The van der Waals surface area contributed by atoms with Gasteiger partial charge in [0.05, 0.1) is 16.7 Å². The van der Waals surface area contributed by atoms with Crippen LogP contribution in [0.15, 0.2) is 47.4 Å². The Morgan fingerprint density at radius 1 is 1.03 bits per heavy atom. The average Bonchev–Trinajstić information content (AvgIpc) is 2.71. The second-order valence-corrected chi connectivity index (χ2v) is 9.49. The number of nitrogens with one attached hydrogen (secondary N) is 1. The number of carbonyl (C=O) groups is 1. The van der Waals surface area contributed by atoms with E-state index >= 15 is 0 Å². The summed E-state index contributed by atoms with van der Waals surface area (Å²) in [5.74, 6) is 0.421. The summed E-state index contributed by atoms with van der Waals surface area (Å²) in [7, 11) is -3.69. The molecular formula is C22H29ClN2O5S. The maximum absolute atomic E-state index is 12.9. The molecule has 1 unspecified atom stereocenters. The first-order valence-electron chi connectivity index (χ1n) is 10.1. The molecule has 0 aliphatic rings. The fourth-order valence-corrected chi connectivity index (χ4v) is 4.45. The van der Waals surface area contributed by atoms with Crippen LogP contribution in [0.5, 0.6) is 11.5 Å². The molecule has 0 bridgehead atoms. The maximum atomic E-state index is 12.9. The lowest BCUT2D eigenvalue weighted by molar-refractivity contribution is -0.122. The fourth-order valence-electron chi connectivity index (χ4n) is 2.84. The van der Waals surface area contributed by atoms with Crippen LogP contribution >= 0.6 is 11.6 Å². The summed E-state index contributed by atoms with van der Waals surface area (Å²) in [4.78, 5) is 12.8. The lowest BCUT2D eigenvalue weighted by Gasteiger charge is -2.21. The Balaban J connectivity index is 2.30. The topological polar surface area (TPSA) is 84.9 Å². The van der Waals surface area contributed by atoms with Crippen LogP contribution in [0.25, 0.3) is 0 Å². The number of rotatable bonds is 10. The summed E-state index contributed by atoms with van der Waals surface area (Å²) in [6.45, 7) is 9.53. The number of sulfonamides is 1. The molecule has 7 nitrogen and oxygen atoms in total. The first-order valence-corrected chi connectivity index (χ1v) is 11.9. The minimum atomic E-state index is -3.69. The summed E-state index contributed by atoms with van der Waals surface area (Å²) >= 11 is 5.87. The van der Waals surface area contributed by atoms with E-state index in [9.17, 15) is 13.2 Å². The summed E-state index contributed by atoms with van der Waals surface area (Å²) in [6, 6.07) is 11.1. The normalized spacial score (nSPS) is 12.6. The van der Waals surface area contributed by atoms with Gasteiger partial charge in [0.2, 0.25) is 10.0 Å². The largest absolute Gasteiger partial charge is 0.489 e. The molecule has 2 aromatic carbocycles. The lowest BCUT2D eigenvalue weighted by Crippen LogP contribution is -2.32. The number of amides is 1. The number of carbonyl (C=O) groups excluding carboxylic acids is 1. The molecule has 0 aromatic heterocycles. The van der Waals surface area contributed by atoms with Crippen molar-refractivity contribution in [3.63, 3.8) is 0 Å². The fraction of sp³-hybridized carbons (Fsp3) is 0.409. The number of halogens is 1. The number of anilines is 1. The van der Waals surface area contributed by atoms with Crippen LogP contribution in [0.2, 0.25) is 5.02 Å². The third kappa shape index (κ3) is 6.59. The molecule has 9 heteroatoms. The predicted molar refractivity (Wildman–Crippen MR) is 122 cm³/mol. The van der Waals surface area contributed by atoms with Crippen molar-refractivity contribution >= 4 is 33.2 Å². The highest BCUT2D eigenvalue weighted by molar-refractivity contribution is 7.89. The van der Waals surface area contributed by atoms with Crippen LogP contribution in [-0.2, 0) is 14.8 Å². The minimum Gasteiger partial charge on any atom is -0.489 e. The summed E-state index contributed by atoms with van der Waals surface area (Å²) in [5, 5.41) is 3.30. The number of nitrogens with zero attached hydrogens (tertiary/aromatic N) is 1. The van der Waals surface area contributed by atoms with E-state index in [1.54, 1.807) is 51.1 Å². The smallest absolute Gasteiger partial charge is 0.265 e. The monoisotopic (exact) mass is 468 g/mol. The van der Waals surface area contributed by atoms with Gasteiger partial charge in [-0.15, -0.1) is 0 Å². The van der Waals surface area contributed by atoms with E-state index in [2.05, 4.69) is 5.32 Å². The van der Waals surface area contributed by atoms with E-state index in [1.807, 2.05) is 13.8 Å². The molecule has 0 saturated heterocycles. The molecule has 1 amide bonds. The lowest BCUT2D eigenvalue weighted by atomic mass is 10.2. The Kier molecular flexibility index (Phi) is 8.73. The zero-order chi connectivity index (χ0) is 23.2. The van der Waals surface area contributed by atoms with Crippen molar-refractivity contribution in [1.82, 2.24) is 4.31 Å². The van der Waals surface area contributed by atoms with E-state index in [0.717, 1.165) is 0 Å². The Morgan fingerprint density at radius 2 is 1.65 bits per heavy atom. The Bertz CT molecular complexity index is 989. The highest BCUT2D eigenvalue weighted by atomic mass is 35.5. The van der Waals surface area contributed by atoms with E-state index < -0.39 is 22.0 Å². The highest BCUT2D eigenvalue weighted by Crippen LogP contribution is 2.30. The molecule has 2 aromatic rings. The number of hydrogen-bond acceptors (Lipinski definition) is 5. The number of hydrogen-bond donors (Lipinski definition) is 1. The molecule has 2 rings (SSSR count). The molecule has 0 radical (unpaired) electrons. The molecule has 0 aliphatic carbocycles. The van der Waals surface area contributed by atoms with Crippen LogP contribution in [0.4, 0.5) is 5.69 Å². The van der Waals surface area contributed by atoms with Crippen LogP contribution in [0.1, 0.15) is 34.6 Å². The van der Waals surface area contributed by atoms with Gasteiger partial charge in [0.15, 0.2) is 6.10 Å². The molecule has 0 spiro atoms. The van der Waals surface area contributed by atoms with Crippen molar-refractivity contribution in [2.75, 3.05) is 18.4 Å². The highest BCUT2D eigenvalue weighted by Gasteiger charge is 2.24. The molecule has 0 heterocycles. The molecule has 1 atom stereocenters. The second-order valence-electron chi connectivity index (χ2n) is 7.12. The average molecular weight is 469 g/mol. The van der Waals surface area contributed by atoms with Gasteiger partial charge in [-0.3, -0.25) is 4.79 Å². The third-order valence-electron chi connectivity index (χ3n) is 4.41. The van der Waals surface area contributed by atoms with E-state index in [-0.39, 0.29) is 16.7 Å². The van der Waals surface area contributed by atoms with Crippen LogP contribution in [0.3, 0.4) is 0 Å².